The first-order valence-corrected chi connectivity index (χ1v) is 4.50. The average Bonchev–Trinajstić information content (AvgIpc) is 2.17. The molecule has 0 aromatic heterocycles. The maximum Gasteiger partial charge on any atom is 0.329 e. The van der Waals surface area contributed by atoms with E-state index in [-0.39, 0.29) is 23.1 Å². The lowest BCUT2D eigenvalue weighted by molar-refractivity contribution is -0.137. The SMILES string of the molecule is C=CC(=O)OC.CCCCCC(=O)O.[MgH2]. The van der Waals surface area contributed by atoms with Crippen molar-refractivity contribution in [3.8, 4) is 0 Å². The standard InChI is InChI=1S/C6H12O2.C4H6O2.Mg.2H/c1-2-3-4-5-6(7)8;1-3-4(5)6-2;;;/h2-5H2,1H3,(H,7,8);3H,1H2,2H3;;;. The number of methoxy groups -OCH3 is 1. The molecule has 0 spiro atoms. The van der Waals surface area contributed by atoms with E-state index < -0.39 is 11.9 Å². The molecule has 0 heterocycles. The second-order valence-corrected chi connectivity index (χ2v) is 2.58. The van der Waals surface area contributed by atoms with Crippen molar-refractivity contribution >= 4 is 35.0 Å². The van der Waals surface area contributed by atoms with Crippen molar-refractivity contribution in [2.75, 3.05) is 7.11 Å². The van der Waals surface area contributed by atoms with Crippen LogP contribution in [0.5, 0.6) is 0 Å². The summed E-state index contributed by atoms with van der Waals surface area (Å²) in [6.07, 6.45) is 4.39. The van der Waals surface area contributed by atoms with Gasteiger partial charge in [-0.2, -0.15) is 0 Å². The van der Waals surface area contributed by atoms with Gasteiger partial charge in [-0.1, -0.05) is 26.3 Å². The van der Waals surface area contributed by atoms with E-state index in [1.165, 1.54) is 7.11 Å². The number of aliphatic carboxylic acids is 1. The van der Waals surface area contributed by atoms with E-state index in [1.54, 1.807) is 0 Å². The third-order valence-corrected chi connectivity index (χ3v) is 1.36. The van der Waals surface area contributed by atoms with Gasteiger partial charge in [-0.15, -0.1) is 0 Å². The van der Waals surface area contributed by atoms with Crippen molar-refractivity contribution in [3.63, 3.8) is 0 Å². The number of carbonyl (C=O) groups is 2. The lowest BCUT2D eigenvalue weighted by Gasteiger charge is -1.89. The second kappa shape index (κ2) is 15.9. The first kappa shape index (κ1) is 19.9. The topological polar surface area (TPSA) is 63.6 Å². The van der Waals surface area contributed by atoms with Gasteiger partial charge in [0.05, 0.1) is 7.11 Å². The van der Waals surface area contributed by atoms with Crippen LogP contribution >= 0.6 is 0 Å². The predicted octanol–water partition coefficient (Wildman–Crippen LogP) is 1.08. The highest BCUT2D eigenvalue weighted by atomic mass is 24.3. The van der Waals surface area contributed by atoms with Gasteiger partial charge in [0.1, 0.15) is 0 Å². The van der Waals surface area contributed by atoms with Gasteiger partial charge in [0.15, 0.2) is 0 Å². The average molecular weight is 229 g/mol. The number of carboxylic acid groups (broad SMARTS) is 1. The summed E-state index contributed by atoms with van der Waals surface area (Å²) in [5.74, 6) is -1.08. The van der Waals surface area contributed by atoms with E-state index in [4.69, 9.17) is 5.11 Å². The number of hydrogen-bond acceptors (Lipinski definition) is 3. The number of carbonyl (C=O) groups excluding carboxylic acids is 1. The van der Waals surface area contributed by atoms with Crippen LogP contribution in [0.3, 0.4) is 0 Å². The van der Waals surface area contributed by atoms with Gasteiger partial charge in [-0.25, -0.2) is 4.79 Å². The molecule has 0 aliphatic rings. The van der Waals surface area contributed by atoms with Crippen molar-refractivity contribution in [2.24, 2.45) is 0 Å². The molecule has 5 heteroatoms. The van der Waals surface area contributed by atoms with Crippen LogP contribution in [0.25, 0.3) is 0 Å². The van der Waals surface area contributed by atoms with Crippen molar-refractivity contribution in [3.05, 3.63) is 12.7 Å². The van der Waals surface area contributed by atoms with Gasteiger partial charge in [0.2, 0.25) is 0 Å². The molecule has 0 atom stereocenters. The minimum Gasteiger partial charge on any atom is -0.481 e. The number of hydrogen-bond donors (Lipinski definition) is 1. The fourth-order valence-electron chi connectivity index (χ4n) is 0.610. The molecule has 0 aliphatic heterocycles. The molecule has 4 nitrogen and oxygen atoms in total. The number of ether oxygens (including phenoxy) is 1. The molecule has 15 heavy (non-hydrogen) atoms. The lowest BCUT2D eigenvalue weighted by Crippen LogP contribution is -1.92. The number of carboxylic acids is 1. The molecule has 0 aliphatic carbocycles. The molecule has 0 aromatic carbocycles. The Balaban J connectivity index is -0.000000187. The number of esters is 1. The zero-order valence-electron chi connectivity index (χ0n) is 8.78. The maximum atomic E-state index is 9.87. The van der Waals surface area contributed by atoms with Crippen LogP contribution in [0.15, 0.2) is 12.7 Å². The Morgan fingerprint density at radius 1 is 1.40 bits per heavy atom. The van der Waals surface area contributed by atoms with Crippen LogP contribution < -0.4 is 0 Å². The van der Waals surface area contributed by atoms with Crippen molar-refractivity contribution in [1.29, 1.82) is 0 Å². The third kappa shape index (κ3) is 24.7. The molecule has 1 N–H and O–H groups in total. The van der Waals surface area contributed by atoms with Gasteiger partial charge in [-0.3, -0.25) is 4.79 Å². The molecule has 0 bridgehead atoms. The minimum absolute atomic E-state index is 0. The second-order valence-electron chi connectivity index (χ2n) is 2.58. The summed E-state index contributed by atoms with van der Waals surface area (Å²) in [4.78, 5) is 19.7. The van der Waals surface area contributed by atoms with Crippen LogP contribution in [-0.2, 0) is 14.3 Å². The minimum atomic E-state index is -0.682. The van der Waals surface area contributed by atoms with Crippen LogP contribution in [0.4, 0.5) is 0 Å². The summed E-state index contributed by atoms with van der Waals surface area (Å²) in [5, 5.41) is 8.14. The zero-order valence-corrected chi connectivity index (χ0v) is 8.78. The highest BCUT2D eigenvalue weighted by molar-refractivity contribution is 5.80. The monoisotopic (exact) mass is 228 g/mol. The quantitative estimate of drug-likeness (QED) is 0.331. The fourth-order valence-corrected chi connectivity index (χ4v) is 0.610. The smallest absolute Gasteiger partial charge is 0.329 e. The molecular weight excluding hydrogens is 208 g/mol. The Bertz CT molecular complexity index is 180. The van der Waals surface area contributed by atoms with E-state index in [1.807, 2.05) is 0 Å². The van der Waals surface area contributed by atoms with E-state index >= 15 is 0 Å². The Morgan fingerprint density at radius 2 is 1.93 bits per heavy atom. The molecule has 0 saturated heterocycles. The summed E-state index contributed by atoms with van der Waals surface area (Å²) in [6.45, 7) is 5.21. The molecule has 0 rings (SSSR count). The van der Waals surface area contributed by atoms with Crippen molar-refractivity contribution in [1.82, 2.24) is 0 Å². The molecule has 0 saturated carbocycles. The molecule has 0 fully saturated rings. The van der Waals surface area contributed by atoms with E-state index in [9.17, 15) is 9.59 Å². The van der Waals surface area contributed by atoms with Gasteiger partial charge >= 0.3 is 35.0 Å². The molecular formula is C10H20MgO4. The van der Waals surface area contributed by atoms with Crippen LogP contribution in [0.2, 0.25) is 0 Å². The number of rotatable bonds is 5. The largest absolute Gasteiger partial charge is 0.481 e. The number of unbranched alkanes of at least 4 members (excludes halogenated alkanes) is 2. The summed E-state index contributed by atoms with van der Waals surface area (Å²) < 4.78 is 4.14. The first-order chi connectivity index (χ1) is 6.58. The van der Waals surface area contributed by atoms with Crippen LogP contribution in [-0.4, -0.2) is 47.2 Å². The Morgan fingerprint density at radius 3 is 2.13 bits per heavy atom. The fraction of sp³-hybridized carbons (Fsp3) is 0.600. The highest BCUT2D eigenvalue weighted by Crippen LogP contribution is 1.97. The predicted molar refractivity (Wildman–Crippen MR) is 62.5 cm³/mol. The summed E-state index contributed by atoms with van der Waals surface area (Å²) in [6, 6.07) is 0. The zero-order chi connectivity index (χ0) is 11.4. The Labute approximate surface area is 107 Å². The van der Waals surface area contributed by atoms with Gasteiger partial charge < -0.3 is 9.84 Å². The summed E-state index contributed by atoms with van der Waals surface area (Å²) in [5.41, 5.74) is 0. The summed E-state index contributed by atoms with van der Waals surface area (Å²) >= 11 is 0. The van der Waals surface area contributed by atoms with Crippen LogP contribution in [0.1, 0.15) is 32.6 Å². The van der Waals surface area contributed by atoms with E-state index in [2.05, 4.69) is 18.2 Å². The highest BCUT2D eigenvalue weighted by Gasteiger charge is 1.92. The molecule has 0 aromatic rings. The van der Waals surface area contributed by atoms with Crippen molar-refractivity contribution < 1.29 is 19.4 Å². The molecule has 0 amide bonds. The normalized spacial score (nSPS) is 7.60. The Hall–Kier alpha value is -0.554. The third-order valence-electron chi connectivity index (χ3n) is 1.36. The van der Waals surface area contributed by atoms with E-state index in [0.717, 1.165) is 25.3 Å². The lowest BCUT2D eigenvalue weighted by atomic mass is 10.2. The van der Waals surface area contributed by atoms with Gasteiger partial charge in [0.25, 0.3) is 0 Å². The molecule has 0 radical (unpaired) electrons. The van der Waals surface area contributed by atoms with Gasteiger partial charge in [0, 0.05) is 12.5 Å². The first-order valence-electron chi connectivity index (χ1n) is 4.50. The van der Waals surface area contributed by atoms with E-state index in [0.29, 0.717) is 6.42 Å². The Kier molecular flexibility index (Phi) is 21.1. The molecule has 0 unspecified atom stereocenters. The van der Waals surface area contributed by atoms with Crippen molar-refractivity contribution in [2.45, 2.75) is 32.6 Å². The van der Waals surface area contributed by atoms with Gasteiger partial charge in [-0.05, 0) is 6.42 Å². The molecule has 86 valence electrons. The maximum absolute atomic E-state index is 9.87. The van der Waals surface area contributed by atoms with Crippen LogP contribution in [0, 0.1) is 0 Å². The summed E-state index contributed by atoms with van der Waals surface area (Å²) in [7, 11) is 1.31.